The number of nitrogens with one attached hydrogen (secondary N) is 1. The first-order chi connectivity index (χ1) is 4.33. The van der Waals surface area contributed by atoms with Crippen LogP contribution in [-0.2, 0) is 0 Å². The molecule has 0 bridgehead atoms. The minimum atomic E-state index is 0.744. The maximum absolute atomic E-state index is 3.28. The molecule has 0 unspecified atom stereocenters. The molecule has 0 aromatic rings. The Hall–Kier alpha value is -0.300. The second-order valence-electron chi connectivity index (χ2n) is 2.81. The van der Waals surface area contributed by atoms with Gasteiger partial charge in [0, 0.05) is 6.04 Å². The van der Waals surface area contributed by atoms with Crippen LogP contribution < -0.4 is 5.32 Å². The van der Waals surface area contributed by atoms with Crippen LogP contribution in [0.25, 0.3) is 0 Å². The van der Waals surface area contributed by atoms with Gasteiger partial charge in [0.2, 0.25) is 0 Å². The van der Waals surface area contributed by atoms with E-state index in [-0.39, 0.29) is 0 Å². The van der Waals surface area contributed by atoms with E-state index in [2.05, 4.69) is 18.3 Å². The number of rotatable bonds is 1. The van der Waals surface area contributed by atoms with Gasteiger partial charge < -0.3 is 5.32 Å². The molecule has 1 N–H and O–H groups in total. The second kappa shape index (κ2) is 3.02. The van der Waals surface area contributed by atoms with Crippen molar-refractivity contribution in [3.63, 3.8) is 0 Å². The van der Waals surface area contributed by atoms with E-state index in [0.717, 1.165) is 6.04 Å². The van der Waals surface area contributed by atoms with Crippen molar-refractivity contribution in [2.75, 3.05) is 7.05 Å². The van der Waals surface area contributed by atoms with E-state index in [0.29, 0.717) is 0 Å². The summed E-state index contributed by atoms with van der Waals surface area (Å²) in [6, 6.07) is 0.744. The summed E-state index contributed by atoms with van der Waals surface area (Å²) in [5.41, 5.74) is 1.56. The lowest BCUT2D eigenvalue weighted by Gasteiger charge is -2.18. The molecule has 52 valence electrons. The van der Waals surface area contributed by atoms with Crippen molar-refractivity contribution in [2.24, 2.45) is 0 Å². The zero-order valence-electron chi connectivity index (χ0n) is 6.28. The molecule has 0 saturated heterocycles. The van der Waals surface area contributed by atoms with Crippen LogP contribution in [0, 0.1) is 0 Å². The molecule has 1 heteroatoms. The highest BCUT2D eigenvalue weighted by atomic mass is 14.9. The van der Waals surface area contributed by atoms with E-state index in [1.54, 1.807) is 5.57 Å². The number of hydrogen-bond donors (Lipinski definition) is 1. The van der Waals surface area contributed by atoms with Gasteiger partial charge in [-0.3, -0.25) is 0 Å². The van der Waals surface area contributed by atoms with Gasteiger partial charge >= 0.3 is 0 Å². The van der Waals surface area contributed by atoms with Crippen molar-refractivity contribution in [3.8, 4) is 0 Å². The van der Waals surface area contributed by atoms with E-state index in [1.165, 1.54) is 19.3 Å². The molecule has 1 atom stereocenters. The van der Waals surface area contributed by atoms with Crippen LogP contribution in [-0.4, -0.2) is 13.1 Å². The SMILES string of the molecule is CN[C@@H]1CC=C(C)CC1. The van der Waals surface area contributed by atoms with E-state index >= 15 is 0 Å². The first kappa shape index (κ1) is 6.81. The van der Waals surface area contributed by atoms with Gasteiger partial charge in [-0.2, -0.15) is 0 Å². The van der Waals surface area contributed by atoms with Crippen LogP contribution in [0.15, 0.2) is 11.6 Å². The smallest absolute Gasteiger partial charge is 0.0102 e. The summed E-state index contributed by atoms with van der Waals surface area (Å²) in [5.74, 6) is 0. The van der Waals surface area contributed by atoms with Crippen molar-refractivity contribution < 1.29 is 0 Å². The Morgan fingerprint density at radius 3 is 2.89 bits per heavy atom. The van der Waals surface area contributed by atoms with Crippen LogP contribution in [0.3, 0.4) is 0 Å². The lowest BCUT2D eigenvalue weighted by molar-refractivity contribution is 0.507. The first-order valence-corrected chi connectivity index (χ1v) is 3.66. The van der Waals surface area contributed by atoms with Gasteiger partial charge in [-0.1, -0.05) is 11.6 Å². The number of allylic oxidation sites excluding steroid dienone is 1. The van der Waals surface area contributed by atoms with Crippen molar-refractivity contribution in [1.82, 2.24) is 5.32 Å². The Morgan fingerprint density at radius 2 is 2.44 bits per heavy atom. The van der Waals surface area contributed by atoms with Gasteiger partial charge in [0.05, 0.1) is 0 Å². The zero-order valence-corrected chi connectivity index (χ0v) is 6.28. The minimum Gasteiger partial charge on any atom is -0.317 e. The molecule has 0 heterocycles. The van der Waals surface area contributed by atoms with Gasteiger partial charge in [-0.15, -0.1) is 0 Å². The van der Waals surface area contributed by atoms with Crippen LogP contribution in [0.5, 0.6) is 0 Å². The Kier molecular flexibility index (Phi) is 2.29. The van der Waals surface area contributed by atoms with Crippen LogP contribution in [0.1, 0.15) is 26.2 Å². The third-order valence-corrected chi connectivity index (χ3v) is 2.05. The van der Waals surface area contributed by atoms with Crippen LogP contribution >= 0.6 is 0 Å². The Labute approximate surface area is 57.1 Å². The van der Waals surface area contributed by atoms with Crippen LogP contribution in [0.2, 0.25) is 0 Å². The molecule has 0 aliphatic heterocycles. The molecule has 0 fully saturated rings. The third-order valence-electron chi connectivity index (χ3n) is 2.05. The Balaban J connectivity index is 2.36. The summed E-state index contributed by atoms with van der Waals surface area (Å²) in [5, 5.41) is 3.28. The van der Waals surface area contributed by atoms with Crippen molar-refractivity contribution >= 4 is 0 Å². The highest BCUT2D eigenvalue weighted by Gasteiger charge is 2.08. The molecule has 1 nitrogen and oxygen atoms in total. The standard InChI is InChI=1S/C8H15N/c1-7-3-5-8(9-2)6-4-7/h3,8-9H,4-6H2,1-2H3/t8-/m1/s1. The van der Waals surface area contributed by atoms with Crippen molar-refractivity contribution in [1.29, 1.82) is 0 Å². The van der Waals surface area contributed by atoms with Crippen molar-refractivity contribution in [3.05, 3.63) is 11.6 Å². The molecule has 0 saturated carbocycles. The predicted molar refractivity (Wildman–Crippen MR) is 40.5 cm³/mol. The van der Waals surface area contributed by atoms with Gasteiger partial charge in [0.15, 0.2) is 0 Å². The largest absolute Gasteiger partial charge is 0.317 e. The Bertz CT molecular complexity index is 116. The second-order valence-corrected chi connectivity index (χ2v) is 2.81. The highest BCUT2D eigenvalue weighted by molar-refractivity contribution is 5.04. The third kappa shape index (κ3) is 1.83. The summed E-state index contributed by atoms with van der Waals surface area (Å²) in [6.45, 7) is 2.21. The fraction of sp³-hybridized carbons (Fsp3) is 0.750. The molecule has 1 rings (SSSR count). The maximum Gasteiger partial charge on any atom is 0.0102 e. The lowest BCUT2D eigenvalue weighted by atomic mass is 9.97. The molecule has 0 aromatic carbocycles. The quantitative estimate of drug-likeness (QED) is 0.526. The molecule has 0 radical (unpaired) electrons. The molecule has 0 aromatic heterocycles. The minimum absolute atomic E-state index is 0.744. The summed E-state index contributed by atoms with van der Waals surface area (Å²) in [7, 11) is 2.04. The first-order valence-electron chi connectivity index (χ1n) is 3.66. The van der Waals surface area contributed by atoms with Gasteiger partial charge in [-0.05, 0) is 33.2 Å². The van der Waals surface area contributed by atoms with Gasteiger partial charge in [0.25, 0.3) is 0 Å². The topological polar surface area (TPSA) is 12.0 Å². The Morgan fingerprint density at radius 1 is 1.67 bits per heavy atom. The molecule has 1 aliphatic rings. The average molecular weight is 125 g/mol. The fourth-order valence-corrected chi connectivity index (χ4v) is 1.23. The van der Waals surface area contributed by atoms with Crippen molar-refractivity contribution in [2.45, 2.75) is 32.2 Å². The van der Waals surface area contributed by atoms with Crippen LogP contribution in [0.4, 0.5) is 0 Å². The molecule has 0 spiro atoms. The van der Waals surface area contributed by atoms with E-state index < -0.39 is 0 Å². The van der Waals surface area contributed by atoms with Gasteiger partial charge in [0.1, 0.15) is 0 Å². The summed E-state index contributed by atoms with van der Waals surface area (Å²) < 4.78 is 0. The normalized spacial score (nSPS) is 27.8. The number of hydrogen-bond acceptors (Lipinski definition) is 1. The van der Waals surface area contributed by atoms with E-state index in [9.17, 15) is 0 Å². The monoisotopic (exact) mass is 125 g/mol. The highest BCUT2D eigenvalue weighted by Crippen LogP contribution is 2.16. The summed E-state index contributed by atoms with van der Waals surface area (Å²) in [6.07, 6.45) is 6.16. The molecule has 9 heavy (non-hydrogen) atoms. The summed E-state index contributed by atoms with van der Waals surface area (Å²) >= 11 is 0. The van der Waals surface area contributed by atoms with Gasteiger partial charge in [-0.25, -0.2) is 0 Å². The predicted octanol–water partition coefficient (Wildman–Crippen LogP) is 1.70. The molecular weight excluding hydrogens is 110 g/mol. The lowest BCUT2D eigenvalue weighted by Crippen LogP contribution is -2.26. The fourth-order valence-electron chi connectivity index (χ4n) is 1.23. The van der Waals surface area contributed by atoms with E-state index in [4.69, 9.17) is 0 Å². The molecular formula is C8H15N. The molecule has 0 amide bonds. The zero-order chi connectivity index (χ0) is 6.69. The van der Waals surface area contributed by atoms with E-state index in [1.807, 2.05) is 7.05 Å². The maximum atomic E-state index is 3.28. The average Bonchev–Trinajstić information content (AvgIpc) is 1.90. The summed E-state index contributed by atoms with van der Waals surface area (Å²) in [4.78, 5) is 0. The molecule has 1 aliphatic carbocycles.